The molecule has 6 nitrogen and oxygen atoms in total. The van der Waals surface area contributed by atoms with Crippen molar-refractivity contribution < 1.29 is 10.2 Å². The highest BCUT2D eigenvalue weighted by atomic mass is 32.1. The summed E-state index contributed by atoms with van der Waals surface area (Å²) in [6.45, 7) is 0. The van der Waals surface area contributed by atoms with Gasteiger partial charge in [-0.15, -0.1) is 5.11 Å². The third kappa shape index (κ3) is 2.16. The summed E-state index contributed by atoms with van der Waals surface area (Å²) in [5, 5.41) is 25.2. The third-order valence-corrected chi connectivity index (χ3v) is 2.51. The highest BCUT2D eigenvalue weighted by molar-refractivity contribution is 7.80. The maximum Gasteiger partial charge on any atom is 0.223 e. The number of nitrogens with zero attached hydrogens (tertiary/aromatic N) is 2. The Kier molecular flexibility index (Phi) is 3.24. The zero-order chi connectivity index (χ0) is 13.1. The van der Waals surface area contributed by atoms with E-state index in [4.69, 9.17) is 17.7 Å². The van der Waals surface area contributed by atoms with E-state index >= 15 is 0 Å². The molecule has 0 atom stereocenters. The molecule has 7 heteroatoms. The summed E-state index contributed by atoms with van der Waals surface area (Å²) in [6, 6.07) is 10.2. The van der Waals surface area contributed by atoms with E-state index in [1.165, 1.54) is 10.6 Å². The summed E-state index contributed by atoms with van der Waals surface area (Å²) in [5.74, 6) is -0.348. The van der Waals surface area contributed by atoms with Crippen LogP contribution in [0.3, 0.4) is 0 Å². The molecule has 1 heterocycles. The number of hydrogen-bond acceptors (Lipinski definition) is 4. The molecule has 2 rings (SSSR count). The zero-order valence-electron chi connectivity index (χ0n) is 9.16. The predicted molar refractivity (Wildman–Crippen MR) is 70.5 cm³/mol. The second-order valence-corrected chi connectivity index (χ2v) is 3.84. The topological polar surface area (TPSA) is 93.6 Å². The van der Waals surface area contributed by atoms with E-state index in [-0.39, 0.29) is 22.6 Å². The fourth-order valence-electron chi connectivity index (χ4n) is 1.55. The van der Waals surface area contributed by atoms with Crippen LogP contribution in [0.1, 0.15) is 0 Å². The lowest BCUT2D eigenvalue weighted by Crippen LogP contribution is -2.04. The summed E-state index contributed by atoms with van der Waals surface area (Å²) in [6.07, 6.45) is 0. The number of benzene rings is 1. The van der Waals surface area contributed by atoms with E-state index in [2.05, 4.69) is 10.4 Å². The molecule has 0 aliphatic heterocycles. The number of rotatable bonds is 2. The van der Waals surface area contributed by atoms with E-state index in [0.29, 0.717) is 5.69 Å². The average molecular weight is 262 g/mol. The van der Waals surface area contributed by atoms with Crippen LogP contribution >= 0.6 is 12.2 Å². The molecule has 92 valence electrons. The molecule has 0 aliphatic rings. The van der Waals surface area contributed by atoms with Gasteiger partial charge in [0, 0.05) is 6.07 Å². The number of anilines is 1. The van der Waals surface area contributed by atoms with Crippen LogP contribution in [-0.2, 0) is 0 Å². The highest BCUT2D eigenvalue weighted by Gasteiger charge is 2.15. The minimum Gasteiger partial charge on any atom is -0.494 e. The van der Waals surface area contributed by atoms with Gasteiger partial charge >= 0.3 is 0 Å². The first kappa shape index (κ1) is 12.1. The first-order chi connectivity index (χ1) is 8.63. The molecule has 0 unspecified atom stereocenters. The van der Waals surface area contributed by atoms with Gasteiger partial charge in [-0.05, 0) is 24.4 Å². The van der Waals surface area contributed by atoms with E-state index in [9.17, 15) is 10.2 Å². The summed E-state index contributed by atoms with van der Waals surface area (Å²) >= 11 is 4.70. The van der Waals surface area contributed by atoms with Gasteiger partial charge in [0.15, 0.2) is 0 Å². The number of thiocarbonyl (C=S) groups is 1. The lowest BCUT2D eigenvalue weighted by Gasteiger charge is -2.06. The van der Waals surface area contributed by atoms with Crippen LogP contribution in [0.5, 0.6) is 11.8 Å². The number of nitrogens with one attached hydrogen (secondary N) is 2. The molecule has 2 aromatic rings. The molecule has 4 N–H and O–H groups in total. The lowest BCUT2D eigenvalue weighted by atomic mass is 10.3. The smallest absolute Gasteiger partial charge is 0.223 e. The SMILES string of the molecule is N=NC(=S)Nc1cc(O)n(-c2ccccc2)c1O. The van der Waals surface area contributed by atoms with Gasteiger partial charge in [0.1, 0.15) is 5.69 Å². The van der Waals surface area contributed by atoms with Crippen molar-refractivity contribution in [2.24, 2.45) is 5.11 Å². The number of aromatic nitrogens is 1. The Labute approximate surface area is 108 Å². The third-order valence-electron chi connectivity index (χ3n) is 2.31. The Morgan fingerprint density at radius 2 is 1.94 bits per heavy atom. The van der Waals surface area contributed by atoms with Crippen LogP contribution < -0.4 is 5.32 Å². The lowest BCUT2D eigenvalue weighted by molar-refractivity contribution is 0.403. The second kappa shape index (κ2) is 4.84. The Balaban J connectivity index is 2.44. The molecule has 0 saturated heterocycles. The van der Waals surface area contributed by atoms with Crippen LogP contribution in [0.25, 0.3) is 5.69 Å². The summed E-state index contributed by atoms with van der Waals surface area (Å²) in [5.41, 5.74) is 7.52. The fourth-order valence-corrected chi connectivity index (χ4v) is 1.66. The van der Waals surface area contributed by atoms with Crippen molar-refractivity contribution in [1.29, 1.82) is 5.53 Å². The van der Waals surface area contributed by atoms with Crippen LogP contribution in [0, 0.1) is 5.53 Å². The highest BCUT2D eigenvalue weighted by Crippen LogP contribution is 2.35. The zero-order valence-corrected chi connectivity index (χ0v) is 9.98. The monoisotopic (exact) mass is 262 g/mol. The fraction of sp³-hybridized carbons (Fsp3) is 0. The largest absolute Gasteiger partial charge is 0.494 e. The molecule has 0 spiro atoms. The maximum atomic E-state index is 9.99. The number of hydrogen-bond donors (Lipinski definition) is 4. The van der Waals surface area contributed by atoms with Gasteiger partial charge in [-0.3, -0.25) is 0 Å². The van der Waals surface area contributed by atoms with Gasteiger partial charge in [-0.1, -0.05) is 18.2 Å². The average Bonchev–Trinajstić information content (AvgIpc) is 2.65. The quantitative estimate of drug-likeness (QED) is 0.494. The van der Waals surface area contributed by atoms with E-state index in [0.717, 1.165) is 0 Å². The van der Waals surface area contributed by atoms with Crippen LogP contribution in [0.2, 0.25) is 0 Å². The van der Waals surface area contributed by atoms with Crippen molar-refractivity contribution in [3.63, 3.8) is 0 Å². The van der Waals surface area contributed by atoms with Crippen molar-refractivity contribution in [3.05, 3.63) is 36.4 Å². The van der Waals surface area contributed by atoms with E-state index < -0.39 is 0 Å². The Hall–Kier alpha value is -2.41. The van der Waals surface area contributed by atoms with Gasteiger partial charge in [0.05, 0.1) is 5.69 Å². The van der Waals surface area contributed by atoms with Crippen molar-refractivity contribution in [2.45, 2.75) is 0 Å². The maximum absolute atomic E-state index is 9.99. The van der Waals surface area contributed by atoms with Crippen LogP contribution in [0.4, 0.5) is 5.69 Å². The molecule has 18 heavy (non-hydrogen) atoms. The standard InChI is InChI=1S/C11H10N4O2S/c12-14-11(18)13-8-6-9(16)15(10(8)17)7-4-2-1-3-5-7/h1-6,12,16-17H,(H,13,18). The minimum absolute atomic E-state index is 0.101. The molecule has 1 aromatic carbocycles. The second-order valence-electron chi connectivity index (χ2n) is 3.45. The molecule has 0 amide bonds. The van der Waals surface area contributed by atoms with Gasteiger partial charge < -0.3 is 15.5 Å². The van der Waals surface area contributed by atoms with Crippen molar-refractivity contribution in [1.82, 2.24) is 4.57 Å². The van der Waals surface area contributed by atoms with Crippen molar-refractivity contribution >= 4 is 23.0 Å². The first-order valence-electron chi connectivity index (χ1n) is 5.01. The van der Waals surface area contributed by atoms with Crippen molar-refractivity contribution in [2.75, 3.05) is 5.32 Å². The van der Waals surface area contributed by atoms with Crippen molar-refractivity contribution in [3.8, 4) is 17.4 Å². The summed E-state index contributed by atoms with van der Waals surface area (Å²) < 4.78 is 1.24. The molecule has 0 aliphatic carbocycles. The first-order valence-corrected chi connectivity index (χ1v) is 5.42. The Bertz CT molecular complexity index is 595. The summed E-state index contributed by atoms with van der Waals surface area (Å²) in [4.78, 5) is 0. The van der Waals surface area contributed by atoms with Crippen LogP contribution in [-0.4, -0.2) is 19.9 Å². The Morgan fingerprint density at radius 1 is 1.28 bits per heavy atom. The van der Waals surface area contributed by atoms with E-state index in [1.807, 2.05) is 6.07 Å². The number of para-hydroxylation sites is 1. The predicted octanol–water partition coefficient (Wildman–Crippen LogP) is 2.62. The summed E-state index contributed by atoms with van der Waals surface area (Å²) in [7, 11) is 0. The molecule has 1 aromatic heterocycles. The van der Waals surface area contributed by atoms with Gasteiger partial charge in [0.2, 0.25) is 16.9 Å². The molecule has 0 fully saturated rings. The molecule has 0 saturated carbocycles. The van der Waals surface area contributed by atoms with E-state index in [1.54, 1.807) is 24.3 Å². The molecule has 0 radical (unpaired) electrons. The normalized spacial score (nSPS) is 10.0. The van der Waals surface area contributed by atoms with Gasteiger partial charge in [-0.25, -0.2) is 10.1 Å². The molecule has 0 bridgehead atoms. The van der Waals surface area contributed by atoms with Gasteiger partial charge in [-0.2, -0.15) is 0 Å². The molecular formula is C11H10N4O2S. The van der Waals surface area contributed by atoms with Crippen LogP contribution in [0.15, 0.2) is 41.5 Å². The number of aromatic hydroxyl groups is 2. The Morgan fingerprint density at radius 3 is 2.56 bits per heavy atom. The molecular weight excluding hydrogens is 252 g/mol. The minimum atomic E-state index is -0.204. The van der Waals surface area contributed by atoms with Gasteiger partial charge in [0.25, 0.3) is 0 Å².